The maximum absolute atomic E-state index is 13.1. The molecule has 0 fully saturated rings. The van der Waals surface area contributed by atoms with Gasteiger partial charge in [-0.25, -0.2) is 17.5 Å². The van der Waals surface area contributed by atoms with Crippen LogP contribution in [0.15, 0.2) is 27.7 Å². The van der Waals surface area contributed by atoms with E-state index in [1.165, 1.54) is 6.26 Å². The molecule has 6 nitrogen and oxygen atoms in total. The molecule has 0 saturated carbocycles. The van der Waals surface area contributed by atoms with Gasteiger partial charge in [-0.05, 0) is 19.1 Å². The second kappa shape index (κ2) is 4.71. The first kappa shape index (κ1) is 13.6. The van der Waals surface area contributed by atoms with E-state index in [0.717, 1.165) is 12.1 Å². The number of anilines is 2. The van der Waals surface area contributed by atoms with Crippen LogP contribution in [0.4, 0.5) is 16.1 Å². The topological polar surface area (TPSA) is 98.2 Å². The molecule has 0 bridgehead atoms. The highest BCUT2D eigenvalue weighted by Gasteiger charge is 2.22. The number of hydrogen-bond donors (Lipinski definition) is 2. The van der Waals surface area contributed by atoms with E-state index in [1.807, 2.05) is 0 Å². The minimum atomic E-state index is -4.05. The Kier molecular flexibility index (Phi) is 3.38. The van der Waals surface area contributed by atoms with Crippen molar-refractivity contribution in [1.29, 1.82) is 0 Å². The van der Waals surface area contributed by atoms with Gasteiger partial charge in [-0.3, -0.25) is 0 Å². The number of benzene rings is 1. The summed E-state index contributed by atoms with van der Waals surface area (Å²) in [6.07, 6.45) is 1.28. The first-order valence-electron chi connectivity index (χ1n) is 4.99. The molecule has 1 heterocycles. The van der Waals surface area contributed by atoms with Crippen LogP contribution in [0.1, 0.15) is 5.69 Å². The van der Waals surface area contributed by atoms with Crippen molar-refractivity contribution in [3.8, 4) is 0 Å². The van der Waals surface area contributed by atoms with Crippen LogP contribution in [-0.2, 0) is 10.0 Å². The van der Waals surface area contributed by atoms with Gasteiger partial charge in [0, 0.05) is 0 Å². The van der Waals surface area contributed by atoms with E-state index in [4.69, 9.17) is 21.8 Å². The predicted molar refractivity (Wildman–Crippen MR) is 67.9 cm³/mol. The fourth-order valence-corrected chi connectivity index (χ4v) is 2.81. The minimum absolute atomic E-state index is 0.212. The number of rotatable bonds is 3. The number of aromatic nitrogens is 1. The summed E-state index contributed by atoms with van der Waals surface area (Å²) in [5.74, 6) is -0.795. The molecular weight excluding hydrogens is 297 g/mol. The number of sulfonamides is 1. The van der Waals surface area contributed by atoms with Gasteiger partial charge in [0.2, 0.25) is 0 Å². The van der Waals surface area contributed by atoms with Crippen molar-refractivity contribution < 1.29 is 17.2 Å². The lowest BCUT2D eigenvalue weighted by Crippen LogP contribution is -2.14. The molecule has 0 spiro atoms. The van der Waals surface area contributed by atoms with Gasteiger partial charge in [-0.15, -0.1) is 0 Å². The first-order valence-corrected chi connectivity index (χ1v) is 6.85. The van der Waals surface area contributed by atoms with E-state index in [1.54, 1.807) is 6.92 Å². The molecule has 102 valence electrons. The number of nitrogen functional groups attached to an aromatic ring is 1. The van der Waals surface area contributed by atoms with E-state index < -0.39 is 15.8 Å². The van der Waals surface area contributed by atoms with Crippen molar-refractivity contribution in [2.75, 3.05) is 10.5 Å². The maximum Gasteiger partial charge on any atom is 0.309 e. The van der Waals surface area contributed by atoms with E-state index in [9.17, 15) is 12.8 Å². The number of aryl methyl sites for hydroxylation is 1. The molecule has 1 aromatic heterocycles. The van der Waals surface area contributed by atoms with Crippen LogP contribution in [0.3, 0.4) is 0 Å². The summed E-state index contributed by atoms with van der Waals surface area (Å²) >= 11 is 5.69. The highest BCUT2D eigenvalue weighted by Crippen LogP contribution is 2.27. The Morgan fingerprint density at radius 1 is 1.47 bits per heavy atom. The number of nitrogens with zero attached hydrogens (tertiary/aromatic N) is 1. The Morgan fingerprint density at radius 2 is 2.16 bits per heavy atom. The molecule has 0 aliphatic carbocycles. The minimum Gasteiger partial charge on any atom is -0.431 e. The summed E-state index contributed by atoms with van der Waals surface area (Å²) in [5.41, 5.74) is 5.50. The third kappa shape index (κ3) is 2.79. The number of oxazole rings is 1. The zero-order valence-electron chi connectivity index (χ0n) is 9.65. The standard InChI is InChI=1S/C10H9ClFN3O3S/c1-5-4-18-10(14-5)15-19(16,17)9-3-8(13)7(12)2-6(9)11/h2-4H,13H2,1H3,(H,14,15). The lowest BCUT2D eigenvalue weighted by Gasteiger charge is -2.07. The monoisotopic (exact) mass is 305 g/mol. The molecule has 0 radical (unpaired) electrons. The second-order valence-corrected chi connectivity index (χ2v) is 5.76. The van der Waals surface area contributed by atoms with Crippen LogP contribution >= 0.6 is 11.6 Å². The van der Waals surface area contributed by atoms with Crippen molar-refractivity contribution in [2.24, 2.45) is 0 Å². The molecule has 0 aliphatic heterocycles. The Labute approximate surface area is 113 Å². The van der Waals surface area contributed by atoms with Gasteiger partial charge in [-0.1, -0.05) is 11.6 Å². The van der Waals surface area contributed by atoms with Crippen molar-refractivity contribution in [3.63, 3.8) is 0 Å². The third-order valence-electron chi connectivity index (χ3n) is 2.18. The zero-order chi connectivity index (χ0) is 14.2. The van der Waals surface area contributed by atoms with Crippen molar-refractivity contribution in [2.45, 2.75) is 11.8 Å². The van der Waals surface area contributed by atoms with Crippen molar-refractivity contribution in [1.82, 2.24) is 4.98 Å². The molecule has 9 heteroatoms. The Bertz CT molecular complexity index is 730. The normalized spacial score (nSPS) is 11.5. The Balaban J connectivity index is 2.42. The number of nitrogens with two attached hydrogens (primary N) is 1. The van der Waals surface area contributed by atoms with Gasteiger partial charge in [0.05, 0.1) is 16.4 Å². The van der Waals surface area contributed by atoms with Crippen LogP contribution in [0.25, 0.3) is 0 Å². The number of nitrogens with one attached hydrogen (secondary N) is 1. The summed E-state index contributed by atoms with van der Waals surface area (Å²) in [6, 6.07) is 1.54. The molecule has 0 amide bonds. The van der Waals surface area contributed by atoms with Crippen LogP contribution < -0.4 is 10.5 Å². The summed E-state index contributed by atoms with van der Waals surface area (Å²) in [7, 11) is -4.05. The molecule has 2 rings (SSSR count). The van der Waals surface area contributed by atoms with Crippen molar-refractivity contribution in [3.05, 3.63) is 34.9 Å². The molecular formula is C10H9ClFN3O3S. The lowest BCUT2D eigenvalue weighted by atomic mass is 10.3. The first-order chi connectivity index (χ1) is 8.79. The summed E-state index contributed by atoms with van der Waals surface area (Å²) < 4.78 is 44.1. The van der Waals surface area contributed by atoms with E-state index in [0.29, 0.717) is 5.69 Å². The van der Waals surface area contributed by atoms with Gasteiger partial charge in [0.15, 0.2) is 0 Å². The second-order valence-electron chi connectivity index (χ2n) is 3.70. The molecule has 0 unspecified atom stereocenters. The Morgan fingerprint density at radius 3 is 2.74 bits per heavy atom. The highest BCUT2D eigenvalue weighted by atomic mass is 35.5. The molecule has 0 saturated heterocycles. The molecule has 3 N–H and O–H groups in total. The largest absolute Gasteiger partial charge is 0.431 e. The van der Waals surface area contributed by atoms with Crippen LogP contribution in [0.2, 0.25) is 5.02 Å². The predicted octanol–water partition coefficient (Wildman–Crippen LogP) is 2.16. The average Bonchev–Trinajstić information content (AvgIpc) is 2.68. The smallest absolute Gasteiger partial charge is 0.309 e. The van der Waals surface area contributed by atoms with E-state index in [-0.39, 0.29) is 21.6 Å². The molecule has 0 atom stereocenters. The van der Waals surface area contributed by atoms with E-state index >= 15 is 0 Å². The van der Waals surface area contributed by atoms with Crippen molar-refractivity contribution >= 4 is 33.3 Å². The van der Waals surface area contributed by atoms with Gasteiger partial charge in [0.1, 0.15) is 17.0 Å². The van der Waals surface area contributed by atoms with E-state index in [2.05, 4.69) is 9.71 Å². The molecule has 1 aromatic carbocycles. The summed E-state index contributed by atoms with van der Waals surface area (Å²) in [6.45, 7) is 1.63. The van der Waals surface area contributed by atoms with Crippen LogP contribution in [-0.4, -0.2) is 13.4 Å². The van der Waals surface area contributed by atoms with Gasteiger partial charge >= 0.3 is 6.01 Å². The van der Waals surface area contributed by atoms with Crippen LogP contribution in [0.5, 0.6) is 0 Å². The van der Waals surface area contributed by atoms with Gasteiger partial charge in [-0.2, -0.15) is 4.98 Å². The fourth-order valence-electron chi connectivity index (χ4n) is 1.32. The number of hydrogen-bond acceptors (Lipinski definition) is 5. The molecule has 19 heavy (non-hydrogen) atoms. The summed E-state index contributed by atoms with van der Waals surface area (Å²) in [5, 5.41) is -0.289. The van der Waals surface area contributed by atoms with Gasteiger partial charge in [0.25, 0.3) is 10.0 Å². The summed E-state index contributed by atoms with van der Waals surface area (Å²) in [4.78, 5) is 3.43. The third-order valence-corrected chi connectivity index (χ3v) is 3.97. The van der Waals surface area contributed by atoms with Crippen LogP contribution in [0, 0.1) is 12.7 Å². The maximum atomic E-state index is 13.1. The SMILES string of the molecule is Cc1coc(NS(=O)(=O)c2cc(N)c(F)cc2Cl)n1. The molecule has 2 aromatic rings. The number of halogens is 2. The quantitative estimate of drug-likeness (QED) is 0.847. The van der Waals surface area contributed by atoms with Gasteiger partial charge < -0.3 is 10.2 Å². The molecule has 0 aliphatic rings. The highest BCUT2D eigenvalue weighted by molar-refractivity contribution is 7.92. The zero-order valence-corrected chi connectivity index (χ0v) is 11.2. The average molecular weight is 306 g/mol. The lowest BCUT2D eigenvalue weighted by molar-refractivity contribution is 0.569. The Hall–Kier alpha value is -1.80. The fraction of sp³-hybridized carbons (Fsp3) is 0.100.